The number of hydrogen-bond donors (Lipinski definition) is 0. The van der Waals surface area contributed by atoms with Crippen molar-refractivity contribution in [3.05, 3.63) is 58.6 Å². The summed E-state index contributed by atoms with van der Waals surface area (Å²) in [6.07, 6.45) is 0. The molecular weight excluding hydrogens is 340 g/mol. The molecule has 0 bridgehead atoms. The van der Waals surface area contributed by atoms with Crippen molar-refractivity contribution in [3.8, 4) is 11.5 Å². The SMILES string of the molecule is CCOc1ccccc1C(Br)c1ccc(OC)c(Cl)c1. The van der Waals surface area contributed by atoms with Gasteiger partial charge >= 0.3 is 0 Å². The molecule has 0 N–H and O–H groups in total. The normalized spacial score (nSPS) is 12.0. The number of alkyl halides is 1. The Bertz CT molecular complexity index is 586. The molecule has 1 atom stereocenters. The second kappa shape index (κ2) is 7.00. The largest absolute Gasteiger partial charge is 0.495 e. The zero-order valence-electron chi connectivity index (χ0n) is 11.4. The minimum absolute atomic E-state index is 0.0219. The van der Waals surface area contributed by atoms with Crippen molar-refractivity contribution < 1.29 is 9.47 Å². The number of ether oxygens (including phenoxy) is 2. The van der Waals surface area contributed by atoms with Crippen LogP contribution in [0.3, 0.4) is 0 Å². The van der Waals surface area contributed by atoms with E-state index in [9.17, 15) is 0 Å². The molecule has 0 radical (unpaired) electrons. The number of methoxy groups -OCH3 is 1. The highest BCUT2D eigenvalue weighted by atomic mass is 79.9. The van der Waals surface area contributed by atoms with Gasteiger partial charge in [0.15, 0.2) is 0 Å². The molecule has 2 aromatic rings. The van der Waals surface area contributed by atoms with Crippen molar-refractivity contribution in [2.45, 2.75) is 11.8 Å². The molecule has 0 aliphatic carbocycles. The van der Waals surface area contributed by atoms with Crippen LogP contribution in [0, 0.1) is 0 Å². The number of halogens is 2. The van der Waals surface area contributed by atoms with E-state index in [1.54, 1.807) is 7.11 Å². The summed E-state index contributed by atoms with van der Waals surface area (Å²) in [5.41, 5.74) is 2.14. The summed E-state index contributed by atoms with van der Waals surface area (Å²) in [7, 11) is 1.61. The summed E-state index contributed by atoms with van der Waals surface area (Å²) in [4.78, 5) is 0.0219. The van der Waals surface area contributed by atoms with E-state index in [0.717, 1.165) is 16.9 Å². The lowest BCUT2D eigenvalue weighted by atomic mass is 10.0. The van der Waals surface area contributed by atoms with E-state index in [2.05, 4.69) is 15.9 Å². The molecule has 2 nitrogen and oxygen atoms in total. The van der Waals surface area contributed by atoms with Gasteiger partial charge in [0, 0.05) is 5.56 Å². The summed E-state index contributed by atoms with van der Waals surface area (Å²) in [5, 5.41) is 0.600. The highest BCUT2D eigenvalue weighted by Gasteiger charge is 2.16. The molecule has 106 valence electrons. The van der Waals surface area contributed by atoms with Crippen LogP contribution in [-0.2, 0) is 0 Å². The number of benzene rings is 2. The summed E-state index contributed by atoms with van der Waals surface area (Å²) in [5.74, 6) is 1.55. The standard InChI is InChI=1S/C16H16BrClO2/c1-3-20-14-7-5-4-6-12(14)16(17)11-8-9-15(19-2)13(18)10-11/h4-10,16H,3H2,1-2H3. The Morgan fingerprint density at radius 3 is 2.55 bits per heavy atom. The predicted molar refractivity (Wildman–Crippen MR) is 86.4 cm³/mol. The van der Waals surface area contributed by atoms with Crippen molar-refractivity contribution >= 4 is 27.5 Å². The minimum atomic E-state index is 0.0219. The lowest BCUT2D eigenvalue weighted by Crippen LogP contribution is -2.00. The molecule has 20 heavy (non-hydrogen) atoms. The first-order valence-electron chi connectivity index (χ1n) is 6.36. The van der Waals surface area contributed by atoms with Crippen molar-refractivity contribution in [2.24, 2.45) is 0 Å². The Kier molecular flexibility index (Phi) is 5.32. The summed E-state index contributed by atoms with van der Waals surface area (Å²) < 4.78 is 10.8. The maximum Gasteiger partial charge on any atom is 0.137 e. The molecule has 2 aromatic carbocycles. The highest BCUT2D eigenvalue weighted by molar-refractivity contribution is 9.09. The molecule has 0 aliphatic rings. The van der Waals surface area contributed by atoms with Gasteiger partial charge in [-0.25, -0.2) is 0 Å². The van der Waals surface area contributed by atoms with E-state index in [1.807, 2.05) is 49.4 Å². The molecule has 4 heteroatoms. The maximum atomic E-state index is 6.18. The second-order valence-corrected chi connectivity index (χ2v) is 5.55. The van der Waals surface area contributed by atoms with Crippen LogP contribution in [0.1, 0.15) is 22.9 Å². The van der Waals surface area contributed by atoms with Crippen LogP contribution in [-0.4, -0.2) is 13.7 Å². The average Bonchev–Trinajstić information content (AvgIpc) is 2.47. The first-order chi connectivity index (χ1) is 9.67. The zero-order valence-corrected chi connectivity index (χ0v) is 13.7. The molecule has 2 rings (SSSR count). The van der Waals surface area contributed by atoms with Crippen LogP contribution in [0.5, 0.6) is 11.5 Å². The monoisotopic (exact) mass is 354 g/mol. The smallest absolute Gasteiger partial charge is 0.137 e. The topological polar surface area (TPSA) is 18.5 Å². The van der Waals surface area contributed by atoms with Gasteiger partial charge in [0.25, 0.3) is 0 Å². The predicted octanol–water partition coefficient (Wildman–Crippen LogP) is 5.23. The number of rotatable bonds is 5. The van der Waals surface area contributed by atoms with Gasteiger partial charge in [0.2, 0.25) is 0 Å². The summed E-state index contributed by atoms with van der Waals surface area (Å²) in [6, 6.07) is 13.7. The maximum absolute atomic E-state index is 6.18. The van der Waals surface area contributed by atoms with Crippen LogP contribution in [0.15, 0.2) is 42.5 Å². The van der Waals surface area contributed by atoms with Crippen molar-refractivity contribution in [2.75, 3.05) is 13.7 Å². The van der Waals surface area contributed by atoms with Crippen molar-refractivity contribution in [1.29, 1.82) is 0 Å². The fraction of sp³-hybridized carbons (Fsp3) is 0.250. The van der Waals surface area contributed by atoms with Gasteiger partial charge in [-0.05, 0) is 30.7 Å². The van der Waals surface area contributed by atoms with Gasteiger partial charge in [0.1, 0.15) is 11.5 Å². The minimum Gasteiger partial charge on any atom is -0.495 e. The third kappa shape index (κ3) is 3.28. The van der Waals surface area contributed by atoms with E-state index < -0.39 is 0 Å². The Morgan fingerprint density at radius 1 is 1.15 bits per heavy atom. The lowest BCUT2D eigenvalue weighted by molar-refractivity contribution is 0.337. The van der Waals surface area contributed by atoms with Crippen molar-refractivity contribution in [3.63, 3.8) is 0 Å². The second-order valence-electron chi connectivity index (χ2n) is 4.23. The van der Waals surface area contributed by atoms with Gasteiger partial charge < -0.3 is 9.47 Å². The van der Waals surface area contributed by atoms with Gasteiger partial charge in [-0.2, -0.15) is 0 Å². The van der Waals surface area contributed by atoms with E-state index in [4.69, 9.17) is 21.1 Å². The molecule has 0 saturated heterocycles. The van der Waals surface area contributed by atoms with Crippen LogP contribution in [0.25, 0.3) is 0 Å². The fourth-order valence-electron chi connectivity index (χ4n) is 2.00. The Labute approximate surface area is 132 Å². The molecular formula is C16H16BrClO2. The zero-order chi connectivity index (χ0) is 14.5. The molecule has 0 amide bonds. The molecule has 0 heterocycles. The highest BCUT2D eigenvalue weighted by Crippen LogP contribution is 2.38. The Hall–Kier alpha value is -1.19. The third-order valence-corrected chi connectivity index (χ3v) is 4.28. The Balaban J connectivity index is 2.36. The van der Waals surface area contributed by atoms with Gasteiger partial charge in [-0.3, -0.25) is 0 Å². The molecule has 0 fully saturated rings. The number of hydrogen-bond acceptors (Lipinski definition) is 2. The molecule has 1 unspecified atom stereocenters. The number of para-hydroxylation sites is 1. The lowest BCUT2D eigenvalue weighted by Gasteiger charge is -2.16. The van der Waals surface area contributed by atoms with Crippen molar-refractivity contribution in [1.82, 2.24) is 0 Å². The fourth-order valence-corrected chi connectivity index (χ4v) is 2.93. The van der Waals surface area contributed by atoms with E-state index in [1.165, 1.54) is 0 Å². The van der Waals surface area contributed by atoms with Gasteiger partial charge in [-0.15, -0.1) is 0 Å². The summed E-state index contributed by atoms with van der Waals surface area (Å²) in [6.45, 7) is 2.62. The first kappa shape index (κ1) is 15.2. The van der Waals surface area contributed by atoms with E-state index >= 15 is 0 Å². The Morgan fingerprint density at radius 2 is 1.90 bits per heavy atom. The van der Waals surface area contributed by atoms with E-state index in [0.29, 0.717) is 17.4 Å². The van der Waals surface area contributed by atoms with E-state index in [-0.39, 0.29) is 4.83 Å². The van der Waals surface area contributed by atoms with Crippen LogP contribution in [0.4, 0.5) is 0 Å². The molecule has 0 aromatic heterocycles. The average molecular weight is 356 g/mol. The third-order valence-electron chi connectivity index (χ3n) is 2.96. The van der Waals surface area contributed by atoms with Crippen LogP contribution in [0.2, 0.25) is 5.02 Å². The summed E-state index contributed by atoms with van der Waals surface area (Å²) >= 11 is 9.90. The van der Waals surface area contributed by atoms with Gasteiger partial charge in [-0.1, -0.05) is 51.8 Å². The van der Waals surface area contributed by atoms with Crippen LogP contribution >= 0.6 is 27.5 Å². The molecule has 0 spiro atoms. The van der Waals surface area contributed by atoms with Crippen LogP contribution < -0.4 is 9.47 Å². The molecule has 0 aliphatic heterocycles. The quantitative estimate of drug-likeness (QED) is 0.684. The molecule has 0 saturated carbocycles. The van der Waals surface area contributed by atoms with Gasteiger partial charge in [0.05, 0.1) is 23.6 Å². The first-order valence-corrected chi connectivity index (χ1v) is 7.66.